The van der Waals surface area contributed by atoms with Crippen molar-refractivity contribution in [1.82, 2.24) is 4.98 Å². The van der Waals surface area contributed by atoms with Gasteiger partial charge in [-0.1, -0.05) is 54.6 Å². The van der Waals surface area contributed by atoms with Crippen LogP contribution in [0.4, 0.5) is 5.69 Å². The molecule has 0 spiro atoms. The molecule has 146 valence electrons. The van der Waals surface area contributed by atoms with Crippen LogP contribution in [0.3, 0.4) is 0 Å². The van der Waals surface area contributed by atoms with E-state index in [2.05, 4.69) is 4.72 Å². The Labute approximate surface area is 173 Å². The van der Waals surface area contributed by atoms with Crippen LogP contribution in [0.5, 0.6) is 5.75 Å². The summed E-state index contributed by atoms with van der Waals surface area (Å²) >= 11 is 1.55. The van der Waals surface area contributed by atoms with Crippen LogP contribution in [-0.4, -0.2) is 20.5 Å². The predicted molar refractivity (Wildman–Crippen MR) is 117 cm³/mol. The van der Waals surface area contributed by atoms with Crippen molar-refractivity contribution in [3.05, 3.63) is 84.2 Å². The van der Waals surface area contributed by atoms with Crippen molar-refractivity contribution in [3.63, 3.8) is 0 Å². The van der Waals surface area contributed by atoms with E-state index in [0.717, 1.165) is 21.8 Å². The standard InChI is InChI=1S/C22H18N2O3S2/c1-27-20-12-5-6-13-21(20)29(25,26)24-18-11-7-10-17(14-18)19-15-28-22(23-19)16-8-3-2-4-9-16/h2-15,24H,1H3. The largest absolute Gasteiger partial charge is 0.495 e. The lowest BCUT2D eigenvalue weighted by molar-refractivity contribution is 0.403. The number of hydrogen-bond acceptors (Lipinski definition) is 5. The Morgan fingerprint density at radius 2 is 1.62 bits per heavy atom. The van der Waals surface area contributed by atoms with Crippen LogP contribution in [-0.2, 0) is 10.0 Å². The van der Waals surface area contributed by atoms with Crippen molar-refractivity contribution in [2.75, 3.05) is 11.8 Å². The second kappa shape index (κ2) is 8.06. The number of sulfonamides is 1. The lowest BCUT2D eigenvalue weighted by Gasteiger charge is -2.12. The topological polar surface area (TPSA) is 68.3 Å². The van der Waals surface area contributed by atoms with Gasteiger partial charge in [0.25, 0.3) is 10.0 Å². The number of para-hydroxylation sites is 1. The Kier molecular flexibility index (Phi) is 5.33. The minimum Gasteiger partial charge on any atom is -0.495 e. The van der Waals surface area contributed by atoms with Crippen molar-refractivity contribution >= 4 is 27.0 Å². The molecular weight excluding hydrogens is 404 g/mol. The van der Waals surface area contributed by atoms with Crippen LogP contribution < -0.4 is 9.46 Å². The molecule has 0 unspecified atom stereocenters. The van der Waals surface area contributed by atoms with Gasteiger partial charge in [0.05, 0.1) is 12.8 Å². The second-order valence-electron chi connectivity index (χ2n) is 6.24. The number of anilines is 1. The summed E-state index contributed by atoms with van der Waals surface area (Å²) in [5.41, 5.74) is 3.15. The smallest absolute Gasteiger partial charge is 0.265 e. The fourth-order valence-electron chi connectivity index (χ4n) is 2.91. The zero-order valence-electron chi connectivity index (χ0n) is 15.6. The molecule has 0 saturated heterocycles. The summed E-state index contributed by atoms with van der Waals surface area (Å²) in [6.45, 7) is 0. The molecule has 0 bridgehead atoms. The van der Waals surface area contributed by atoms with Gasteiger partial charge in [-0.05, 0) is 24.3 Å². The summed E-state index contributed by atoms with van der Waals surface area (Å²) in [5.74, 6) is 0.295. The number of thiazole rings is 1. The molecule has 4 rings (SSSR count). The minimum absolute atomic E-state index is 0.0907. The highest BCUT2D eigenvalue weighted by Crippen LogP contribution is 2.31. The Balaban J connectivity index is 1.62. The van der Waals surface area contributed by atoms with Gasteiger partial charge in [-0.3, -0.25) is 4.72 Å². The van der Waals surface area contributed by atoms with Gasteiger partial charge in [0.2, 0.25) is 0 Å². The quantitative estimate of drug-likeness (QED) is 0.459. The molecule has 1 aromatic heterocycles. The maximum absolute atomic E-state index is 12.8. The molecule has 4 aromatic rings. The van der Waals surface area contributed by atoms with Crippen molar-refractivity contribution in [2.45, 2.75) is 4.90 Å². The summed E-state index contributed by atoms with van der Waals surface area (Å²) in [6.07, 6.45) is 0. The highest BCUT2D eigenvalue weighted by Gasteiger charge is 2.19. The first kappa shape index (κ1) is 19.2. The minimum atomic E-state index is -3.79. The molecule has 1 heterocycles. The summed E-state index contributed by atoms with van der Waals surface area (Å²) in [4.78, 5) is 4.79. The van der Waals surface area contributed by atoms with E-state index in [9.17, 15) is 8.42 Å². The molecule has 5 nitrogen and oxygen atoms in total. The number of methoxy groups -OCH3 is 1. The van der Waals surface area contributed by atoms with Crippen LogP contribution in [0, 0.1) is 0 Å². The molecule has 0 aliphatic rings. The third-order valence-corrected chi connectivity index (χ3v) is 6.61. The molecule has 0 saturated carbocycles. The first-order chi connectivity index (χ1) is 14.1. The van der Waals surface area contributed by atoms with Crippen LogP contribution in [0.15, 0.2) is 89.1 Å². The van der Waals surface area contributed by atoms with Gasteiger partial charge in [-0.2, -0.15) is 0 Å². The molecule has 0 radical (unpaired) electrons. The molecule has 1 N–H and O–H groups in total. The van der Waals surface area contributed by atoms with E-state index in [-0.39, 0.29) is 4.90 Å². The average molecular weight is 423 g/mol. The number of hydrogen-bond donors (Lipinski definition) is 1. The number of benzene rings is 3. The number of rotatable bonds is 6. The number of nitrogens with one attached hydrogen (secondary N) is 1. The summed E-state index contributed by atoms with van der Waals surface area (Å²) in [5, 5.41) is 2.89. The van der Waals surface area contributed by atoms with E-state index in [4.69, 9.17) is 9.72 Å². The van der Waals surface area contributed by atoms with Gasteiger partial charge in [0.1, 0.15) is 15.7 Å². The molecule has 0 fully saturated rings. The molecular formula is C22H18N2O3S2. The average Bonchev–Trinajstić information content (AvgIpc) is 3.25. The summed E-state index contributed by atoms with van der Waals surface area (Å²) in [6, 6.07) is 23.7. The van der Waals surface area contributed by atoms with E-state index in [1.807, 2.05) is 41.8 Å². The highest BCUT2D eigenvalue weighted by atomic mass is 32.2. The van der Waals surface area contributed by atoms with Gasteiger partial charge in [-0.15, -0.1) is 11.3 Å². The van der Waals surface area contributed by atoms with Gasteiger partial charge in [0, 0.05) is 22.2 Å². The van der Waals surface area contributed by atoms with E-state index in [0.29, 0.717) is 11.4 Å². The lowest BCUT2D eigenvalue weighted by Crippen LogP contribution is -2.14. The van der Waals surface area contributed by atoms with Crippen LogP contribution in [0.25, 0.3) is 21.8 Å². The molecule has 29 heavy (non-hydrogen) atoms. The van der Waals surface area contributed by atoms with E-state index in [1.54, 1.807) is 47.7 Å². The first-order valence-electron chi connectivity index (χ1n) is 8.84. The SMILES string of the molecule is COc1ccccc1S(=O)(=O)Nc1cccc(-c2csc(-c3ccccc3)n2)c1. The van der Waals surface area contributed by atoms with Gasteiger partial charge in [0.15, 0.2) is 0 Å². The van der Waals surface area contributed by atoms with Crippen LogP contribution >= 0.6 is 11.3 Å². The van der Waals surface area contributed by atoms with Crippen molar-refractivity contribution in [2.24, 2.45) is 0 Å². The highest BCUT2D eigenvalue weighted by molar-refractivity contribution is 7.92. The Hall–Kier alpha value is -3.16. The van der Waals surface area contributed by atoms with Crippen molar-refractivity contribution < 1.29 is 13.2 Å². The molecule has 0 aliphatic carbocycles. The fourth-order valence-corrected chi connectivity index (χ4v) is 4.97. The maximum Gasteiger partial charge on any atom is 0.265 e. The van der Waals surface area contributed by atoms with E-state index >= 15 is 0 Å². The maximum atomic E-state index is 12.8. The number of ether oxygens (including phenoxy) is 1. The van der Waals surface area contributed by atoms with Crippen LogP contribution in [0.2, 0.25) is 0 Å². The van der Waals surface area contributed by atoms with Crippen molar-refractivity contribution in [3.8, 4) is 27.6 Å². The first-order valence-corrected chi connectivity index (χ1v) is 11.2. The lowest BCUT2D eigenvalue weighted by atomic mass is 10.1. The Morgan fingerprint density at radius 1 is 0.897 bits per heavy atom. The molecule has 0 atom stereocenters. The number of aromatic nitrogens is 1. The second-order valence-corrected chi connectivity index (χ2v) is 8.75. The molecule has 0 aliphatic heterocycles. The summed E-state index contributed by atoms with van der Waals surface area (Å²) < 4.78 is 33.4. The van der Waals surface area contributed by atoms with Gasteiger partial charge < -0.3 is 4.74 Å². The van der Waals surface area contributed by atoms with Crippen molar-refractivity contribution in [1.29, 1.82) is 0 Å². The van der Waals surface area contributed by atoms with Gasteiger partial charge >= 0.3 is 0 Å². The van der Waals surface area contributed by atoms with E-state index < -0.39 is 10.0 Å². The normalized spacial score (nSPS) is 11.2. The van der Waals surface area contributed by atoms with E-state index in [1.165, 1.54) is 13.2 Å². The third-order valence-electron chi connectivity index (χ3n) is 4.29. The number of nitrogens with zero attached hydrogens (tertiary/aromatic N) is 1. The van der Waals surface area contributed by atoms with Crippen LogP contribution in [0.1, 0.15) is 0 Å². The molecule has 0 amide bonds. The zero-order valence-corrected chi connectivity index (χ0v) is 17.2. The molecule has 3 aromatic carbocycles. The third kappa shape index (κ3) is 4.16. The monoisotopic (exact) mass is 422 g/mol. The fraction of sp³-hybridized carbons (Fsp3) is 0.0455. The zero-order chi connectivity index (χ0) is 20.3. The Morgan fingerprint density at radius 3 is 2.41 bits per heavy atom. The summed E-state index contributed by atoms with van der Waals surface area (Å²) in [7, 11) is -2.34. The predicted octanol–water partition coefficient (Wildman–Crippen LogP) is 5.29. The molecule has 7 heteroatoms. The Bertz CT molecular complexity index is 1240. The van der Waals surface area contributed by atoms with Gasteiger partial charge in [-0.25, -0.2) is 13.4 Å².